The van der Waals surface area contributed by atoms with Crippen molar-refractivity contribution >= 4 is 5.97 Å². The molecule has 0 aromatic heterocycles. The molecule has 4 nitrogen and oxygen atoms in total. The van der Waals surface area contributed by atoms with Crippen LogP contribution in [0.1, 0.15) is 109 Å². The zero-order valence-electron chi connectivity index (χ0n) is 25.6. The normalized spacial score (nSPS) is 13.2. The SMILES string of the molecule is CCCCCCCCCCCCCCc1cccc(OC(C)COC(=O)C(C)[N+](C)(C)Cc2ccccc2)c1. The topological polar surface area (TPSA) is 35.5 Å². The molecule has 0 radical (unpaired) electrons. The van der Waals surface area contributed by atoms with Crippen LogP contribution in [-0.4, -0.2) is 43.3 Å². The summed E-state index contributed by atoms with van der Waals surface area (Å²) in [5.41, 5.74) is 2.53. The van der Waals surface area contributed by atoms with E-state index in [-0.39, 0.29) is 24.7 Å². The van der Waals surface area contributed by atoms with Gasteiger partial charge in [0.15, 0.2) is 6.04 Å². The number of nitrogens with zero attached hydrogens (tertiary/aromatic N) is 1. The van der Waals surface area contributed by atoms with E-state index in [9.17, 15) is 4.79 Å². The summed E-state index contributed by atoms with van der Waals surface area (Å²) < 4.78 is 12.3. The predicted octanol–water partition coefficient (Wildman–Crippen LogP) is 8.91. The highest BCUT2D eigenvalue weighted by atomic mass is 16.6. The summed E-state index contributed by atoms with van der Waals surface area (Å²) in [6.07, 6.45) is 17.3. The maximum atomic E-state index is 12.8. The molecule has 0 saturated carbocycles. The second-order valence-electron chi connectivity index (χ2n) is 11.9. The number of carbonyl (C=O) groups excluding carboxylic acids is 1. The minimum absolute atomic E-state index is 0.188. The van der Waals surface area contributed by atoms with Crippen molar-refractivity contribution < 1.29 is 18.8 Å². The third-order valence-electron chi connectivity index (χ3n) is 7.84. The van der Waals surface area contributed by atoms with Gasteiger partial charge in [0.1, 0.15) is 25.0 Å². The summed E-state index contributed by atoms with van der Waals surface area (Å²) >= 11 is 0. The zero-order valence-corrected chi connectivity index (χ0v) is 25.6. The number of aryl methyl sites for hydroxylation is 1. The van der Waals surface area contributed by atoms with Crippen LogP contribution in [-0.2, 0) is 22.5 Å². The first-order chi connectivity index (χ1) is 18.8. The van der Waals surface area contributed by atoms with Crippen LogP contribution in [0.25, 0.3) is 0 Å². The second kappa shape index (κ2) is 18.9. The molecule has 2 atom stereocenters. The molecule has 0 spiro atoms. The third-order valence-corrected chi connectivity index (χ3v) is 7.84. The second-order valence-corrected chi connectivity index (χ2v) is 11.9. The maximum absolute atomic E-state index is 12.8. The molecular weight excluding hydrogens is 482 g/mol. The number of rotatable bonds is 21. The Morgan fingerprint density at radius 2 is 1.31 bits per heavy atom. The molecule has 0 amide bonds. The quantitative estimate of drug-likeness (QED) is 0.0904. The number of esters is 1. The number of likely N-dealkylation sites (N-methyl/N-ethyl adjacent to an activating group) is 1. The molecule has 0 aliphatic carbocycles. The van der Waals surface area contributed by atoms with Crippen molar-refractivity contribution in [2.75, 3.05) is 20.7 Å². The molecular formula is C35H56NO3+. The highest BCUT2D eigenvalue weighted by Crippen LogP contribution is 2.19. The van der Waals surface area contributed by atoms with Crippen molar-refractivity contribution in [3.05, 3.63) is 65.7 Å². The largest absolute Gasteiger partial charge is 0.487 e. The van der Waals surface area contributed by atoms with Crippen LogP contribution in [0.4, 0.5) is 0 Å². The van der Waals surface area contributed by atoms with Crippen molar-refractivity contribution in [1.82, 2.24) is 0 Å². The van der Waals surface area contributed by atoms with Gasteiger partial charge in [-0.3, -0.25) is 0 Å². The number of carbonyl (C=O) groups is 1. The van der Waals surface area contributed by atoms with E-state index in [1.54, 1.807) is 0 Å². The van der Waals surface area contributed by atoms with Crippen molar-refractivity contribution in [2.45, 2.75) is 123 Å². The summed E-state index contributed by atoms with van der Waals surface area (Å²) in [6, 6.07) is 18.4. The molecule has 2 aromatic rings. The van der Waals surface area contributed by atoms with Gasteiger partial charge in [-0.2, -0.15) is 0 Å². The number of unbranched alkanes of at least 4 members (excludes halogenated alkanes) is 11. The summed E-state index contributed by atoms with van der Waals surface area (Å²) in [5, 5.41) is 0. The lowest BCUT2D eigenvalue weighted by Gasteiger charge is -2.34. The highest BCUT2D eigenvalue weighted by Gasteiger charge is 2.32. The van der Waals surface area contributed by atoms with E-state index in [1.165, 1.54) is 88.2 Å². The molecule has 0 saturated heterocycles. The van der Waals surface area contributed by atoms with Gasteiger partial charge in [0.2, 0.25) is 0 Å². The Morgan fingerprint density at radius 1 is 0.744 bits per heavy atom. The molecule has 0 fully saturated rings. The van der Waals surface area contributed by atoms with Crippen molar-refractivity contribution in [3.63, 3.8) is 0 Å². The van der Waals surface area contributed by atoms with Gasteiger partial charge in [0.25, 0.3) is 0 Å². The van der Waals surface area contributed by atoms with Gasteiger partial charge in [0.05, 0.1) is 14.1 Å². The third kappa shape index (κ3) is 14.0. The van der Waals surface area contributed by atoms with Crippen LogP contribution >= 0.6 is 0 Å². The molecule has 0 bridgehead atoms. The Hall–Kier alpha value is -2.33. The van der Waals surface area contributed by atoms with Gasteiger partial charge in [-0.15, -0.1) is 0 Å². The van der Waals surface area contributed by atoms with Crippen LogP contribution in [0.5, 0.6) is 5.75 Å². The van der Waals surface area contributed by atoms with Crippen LogP contribution in [0.3, 0.4) is 0 Å². The van der Waals surface area contributed by atoms with Crippen molar-refractivity contribution in [2.24, 2.45) is 0 Å². The van der Waals surface area contributed by atoms with E-state index < -0.39 is 0 Å². The minimum atomic E-state index is -0.267. The first-order valence-electron chi connectivity index (χ1n) is 15.6. The Kier molecular flexibility index (Phi) is 15.9. The first-order valence-corrected chi connectivity index (χ1v) is 15.6. The predicted molar refractivity (Wildman–Crippen MR) is 164 cm³/mol. The lowest BCUT2D eigenvalue weighted by atomic mass is 10.0. The Labute approximate surface area is 239 Å². The lowest BCUT2D eigenvalue weighted by molar-refractivity contribution is -0.917. The molecule has 4 heteroatoms. The van der Waals surface area contributed by atoms with Gasteiger partial charge >= 0.3 is 5.97 Å². The van der Waals surface area contributed by atoms with Gasteiger partial charge in [0, 0.05) is 5.56 Å². The molecule has 2 unspecified atom stereocenters. The Balaban J connectivity index is 1.61. The summed E-state index contributed by atoms with van der Waals surface area (Å²) in [7, 11) is 4.14. The van der Waals surface area contributed by atoms with E-state index >= 15 is 0 Å². The fourth-order valence-corrected chi connectivity index (χ4v) is 5.01. The minimum Gasteiger partial charge on any atom is -0.487 e. The molecule has 2 rings (SSSR count). The van der Waals surface area contributed by atoms with E-state index in [4.69, 9.17) is 9.47 Å². The Morgan fingerprint density at radius 3 is 1.92 bits per heavy atom. The van der Waals surface area contributed by atoms with Crippen LogP contribution in [0.2, 0.25) is 0 Å². The molecule has 0 aliphatic rings. The van der Waals surface area contributed by atoms with Gasteiger partial charge in [-0.1, -0.05) is 120 Å². The fourth-order valence-electron chi connectivity index (χ4n) is 5.01. The number of hydrogen-bond donors (Lipinski definition) is 0. The lowest BCUT2D eigenvalue weighted by Crippen LogP contribution is -2.51. The molecule has 39 heavy (non-hydrogen) atoms. The Bertz CT molecular complexity index is 911. The van der Waals surface area contributed by atoms with Crippen LogP contribution < -0.4 is 4.74 Å². The number of benzene rings is 2. The summed E-state index contributed by atoms with van der Waals surface area (Å²) in [6.45, 7) is 7.20. The molecule has 0 heterocycles. The molecule has 0 N–H and O–H groups in total. The van der Waals surface area contributed by atoms with Crippen LogP contribution in [0, 0.1) is 0 Å². The van der Waals surface area contributed by atoms with E-state index in [2.05, 4.69) is 51.4 Å². The number of quaternary nitrogens is 1. The van der Waals surface area contributed by atoms with Crippen molar-refractivity contribution in [1.29, 1.82) is 0 Å². The maximum Gasteiger partial charge on any atom is 0.364 e. The molecule has 2 aromatic carbocycles. The smallest absolute Gasteiger partial charge is 0.364 e. The average Bonchev–Trinajstić information content (AvgIpc) is 2.92. The van der Waals surface area contributed by atoms with Gasteiger partial charge in [-0.25, -0.2) is 4.79 Å². The van der Waals surface area contributed by atoms with E-state index in [0.29, 0.717) is 4.48 Å². The monoisotopic (exact) mass is 538 g/mol. The summed E-state index contributed by atoms with van der Waals surface area (Å²) in [4.78, 5) is 12.8. The zero-order chi connectivity index (χ0) is 28.3. The highest BCUT2D eigenvalue weighted by molar-refractivity contribution is 5.74. The van der Waals surface area contributed by atoms with Crippen molar-refractivity contribution in [3.8, 4) is 5.75 Å². The van der Waals surface area contributed by atoms with E-state index in [1.807, 2.05) is 38.1 Å². The van der Waals surface area contributed by atoms with Gasteiger partial charge < -0.3 is 14.0 Å². The molecule has 0 aliphatic heterocycles. The fraction of sp³-hybridized carbons (Fsp3) is 0.629. The standard InChI is InChI=1S/C35H56NO3/c1-6-7-8-9-10-11-12-13-14-15-16-18-22-32-25-21-26-34(27-32)39-30(2)29-38-35(37)31(3)36(4,5)28-33-23-19-17-20-24-33/h17,19-21,23-27,30-31H,6-16,18,22,28-29H2,1-5H3/q+1. The van der Waals surface area contributed by atoms with E-state index in [0.717, 1.165) is 18.7 Å². The average molecular weight is 539 g/mol. The number of hydrogen-bond acceptors (Lipinski definition) is 3. The summed E-state index contributed by atoms with van der Waals surface area (Å²) in [5.74, 6) is 0.662. The number of ether oxygens (including phenoxy) is 2. The van der Waals surface area contributed by atoms with Gasteiger partial charge in [-0.05, 0) is 44.4 Å². The molecule has 218 valence electrons. The van der Waals surface area contributed by atoms with Crippen LogP contribution in [0.15, 0.2) is 54.6 Å². The first kappa shape index (κ1) is 32.9.